The third-order valence-corrected chi connectivity index (χ3v) is 5.26. The fourth-order valence-electron chi connectivity index (χ4n) is 2.86. The lowest BCUT2D eigenvalue weighted by molar-refractivity contribution is 0.0945. The second kappa shape index (κ2) is 8.62. The Morgan fingerprint density at radius 3 is 2.89 bits per heavy atom. The standard InChI is InChI=1S/C19H21ClN6OS/c1-10(9-28-3)25-19(27)13-7-23-18-17(13)26-15(8-24-18)16(21)12-5-4-11(20)6-14(12)22-2/h4-8,10,21-22H,9H2,1-3H3,(H,23,24)(H,25,27)/t10-/m1/s1. The number of fused-ring (bicyclic) bond motifs is 1. The summed E-state index contributed by atoms with van der Waals surface area (Å²) in [4.78, 5) is 24.4. The lowest BCUT2D eigenvalue weighted by Crippen LogP contribution is -2.34. The maximum atomic E-state index is 12.6. The number of hydrogen-bond acceptors (Lipinski definition) is 6. The molecular weight excluding hydrogens is 396 g/mol. The summed E-state index contributed by atoms with van der Waals surface area (Å²) in [5.41, 5.74) is 3.29. The van der Waals surface area contributed by atoms with Gasteiger partial charge < -0.3 is 15.6 Å². The number of nitrogens with one attached hydrogen (secondary N) is 4. The van der Waals surface area contributed by atoms with E-state index < -0.39 is 0 Å². The van der Waals surface area contributed by atoms with Gasteiger partial charge in [0.2, 0.25) is 0 Å². The van der Waals surface area contributed by atoms with Crippen LogP contribution in [0.25, 0.3) is 11.2 Å². The summed E-state index contributed by atoms with van der Waals surface area (Å²) in [5, 5.41) is 15.1. The number of rotatable bonds is 7. The number of carbonyl (C=O) groups is 1. The molecule has 28 heavy (non-hydrogen) atoms. The largest absolute Gasteiger partial charge is 0.388 e. The van der Waals surface area contributed by atoms with Gasteiger partial charge >= 0.3 is 0 Å². The van der Waals surface area contributed by atoms with Crippen LogP contribution < -0.4 is 10.6 Å². The van der Waals surface area contributed by atoms with Crippen molar-refractivity contribution < 1.29 is 4.79 Å². The molecule has 3 rings (SSSR count). The zero-order chi connectivity index (χ0) is 20.3. The first kappa shape index (κ1) is 20.2. The number of aromatic nitrogens is 3. The van der Waals surface area contributed by atoms with Crippen LogP contribution in [0.2, 0.25) is 5.02 Å². The molecule has 0 aliphatic heterocycles. The molecule has 1 amide bonds. The van der Waals surface area contributed by atoms with Crippen LogP contribution >= 0.6 is 23.4 Å². The van der Waals surface area contributed by atoms with E-state index >= 15 is 0 Å². The van der Waals surface area contributed by atoms with Crippen molar-refractivity contribution in [1.29, 1.82) is 5.41 Å². The zero-order valence-corrected chi connectivity index (χ0v) is 17.3. The van der Waals surface area contributed by atoms with Gasteiger partial charge in [-0.25, -0.2) is 9.97 Å². The van der Waals surface area contributed by atoms with Gasteiger partial charge in [0, 0.05) is 41.3 Å². The van der Waals surface area contributed by atoms with Crippen LogP contribution in [0.5, 0.6) is 0 Å². The second-order valence-electron chi connectivity index (χ2n) is 6.30. The van der Waals surface area contributed by atoms with E-state index in [2.05, 4.69) is 25.6 Å². The lowest BCUT2D eigenvalue weighted by Gasteiger charge is -2.12. The summed E-state index contributed by atoms with van der Waals surface area (Å²) >= 11 is 7.71. The second-order valence-corrected chi connectivity index (χ2v) is 7.65. The van der Waals surface area contributed by atoms with Gasteiger partial charge in [-0.05, 0) is 31.4 Å². The molecule has 0 bridgehead atoms. The number of carbonyl (C=O) groups excluding carboxylic acids is 1. The van der Waals surface area contributed by atoms with Crippen LogP contribution in [0.15, 0.2) is 30.6 Å². The SMILES string of the molecule is CNc1cc(Cl)ccc1C(=N)c1cnc2[nH]cc(C(=O)N[C@H](C)CSC)c2n1. The number of amides is 1. The first-order chi connectivity index (χ1) is 13.4. The molecule has 0 saturated heterocycles. The Hall–Kier alpha value is -2.58. The van der Waals surface area contributed by atoms with Gasteiger partial charge in [0.15, 0.2) is 5.65 Å². The number of nitrogens with zero attached hydrogens (tertiary/aromatic N) is 2. The summed E-state index contributed by atoms with van der Waals surface area (Å²) in [6, 6.07) is 5.27. The van der Waals surface area contributed by atoms with Gasteiger partial charge in [-0.3, -0.25) is 10.2 Å². The molecule has 1 aromatic carbocycles. The van der Waals surface area contributed by atoms with Gasteiger partial charge in [-0.15, -0.1) is 0 Å². The Balaban J connectivity index is 1.96. The fraction of sp³-hybridized carbons (Fsp3) is 0.263. The predicted octanol–water partition coefficient (Wildman–Crippen LogP) is 3.55. The van der Waals surface area contributed by atoms with Gasteiger partial charge in [0.25, 0.3) is 5.91 Å². The van der Waals surface area contributed by atoms with Crippen molar-refractivity contribution in [2.75, 3.05) is 24.4 Å². The topological polar surface area (TPSA) is 107 Å². The molecule has 0 unspecified atom stereocenters. The summed E-state index contributed by atoms with van der Waals surface area (Å²) in [5.74, 6) is 0.604. The van der Waals surface area contributed by atoms with Crippen LogP contribution in [-0.2, 0) is 0 Å². The lowest BCUT2D eigenvalue weighted by atomic mass is 10.1. The molecule has 2 heterocycles. The Bertz CT molecular complexity index is 1030. The maximum Gasteiger partial charge on any atom is 0.255 e. The fourth-order valence-corrected chi connectivity index (χ4v) is 3.61. The molecule has 0 aliphatic rings. The van der Waals surface area contributed by atoms with Crippen LogP contribution in [0.3, 0.4) is 0 Å². The summed E-state index contributed by atoms with van der Waals surface area (Å²) < 4.78 is 0. The highest BCUT2D eigenvalue weighted by Crippen LogP contribution is 2.24. The van der Waals surface area contributed by atoms with Crippen molar-refractivity contribution >= 4 is 51.8 Å². The van der Waals surface area contributed by atoms with E-state index in [1.54, 1.807) is 43.2 Å². The van der Waals surface area contributed by atoms with E-state index in [4.69, 9.17) is 17.0 Å². The number of anilines is 1. The highest BCUT2D eigenvalue weighted by Gasteiger charge is 2.18. The third kappa shape index (κ3) is 4.13. The monoisotopic (exact) mass is 416 g/mol. The normalized spacial score (nSPS) is 12.0. The number of hydrogen-bond donors (Lipinski definition) is 4. The first-order valence-electron chi connectivity index (χ1n) is 8.65. The number of benzene rings is 1. The average Bonchev–Trinajstić information content (AvgIpc) is 3.10. The Morgan fingerprint density at radius 1 is 1.39 bits per heavy atom. The van der Waals surface area contributed by atoms with Crippen molar-refractivity contribution in [2.45, 2.75) is 13.0 Å². The van der Waals surface area contributed by atoms with Gasteiger partial charge in [0.1, 0.15) is 11.2 Å². The molecule has 9 heteroatoms. The van der Waals surface area contributed by atoms with Crippen molar-refractivity contribution in [2.24, 2.45) is 0 Å². The molecule has 7 nitrogen and oxygen atoms in total. The molecule has 0 fully saturated rings. The maximum absolute atomic E-state index is 12.6. The van der Waals surface area contributed by atoms with Crippen LogP contribution in [0.4, 0.5) is 5.69 Å². The number of H-pyrrole nitrogens is 1. The molecule has 0 radical (unpaired) electrons. The van der Waals surface area contributed by atoms with Crippen molar-refractivity contribution in [3.8, 4) is 0 Å². The van der Waals surface area contributed by atoms with E-state index in [1.165, 1.54) is 6.20 Å². The molecule has 146 valence electrons. The smallest absolute Gasteiger partial charge is 0.255 e. The Labute approximate surface area is 172 Å². The third-order valence-electron chi connectivity index (χ3n) is 4.20. The molecule has 0 aliphatic carbocycles. The average molecular weight is 417 g/mol. The van der Waals surface area contributed by atoms with Crippen LogP contribution in [0, 0.1) is 5.41 Å². The highest BCUT2D eigenvalue weighted by molar-refractivity contribution is 7.98. The molecule has 0 saturated carbocycles. The van der Waals surface area contributed by atoms with Crippen LogP contribution in [-0.4, -0.2) is 51.7 Å². The Kier molecular flexibility index (Phi) is 6.21. The summed E-state index contributed by atoms with van der Waals surface area (Å²) in [6.07, 6.45) is 5.11. The van der Waals surface area contributed by atoms with Gasteiger partial charge in [-0.2, -0.15) is 11.8 Å². The van der Waals surface area contributed by atoms with Crippen molar-refractivity contribution in [3.63, 3.8) is 0 Å². The van der Waals surface area contributed by atoms with E-state index in [0.29, 0.717) is 33.0 Å². The minimum absolute atomic E-state index is 0.0362. The molecule has 0 spiro atoms. The molecule has 4 N–H and O–H groups in total. The summed E-state index contributed by atoms with van der Waals surface area (Å²) in [7, 11) is 1.77. The number of aromatic amines is 1. The zero-order valence-electron chi connectivity index (χ0n) is 15.8. The minimum atomic E-state index is -0.215. The van der Waals surface area contributed by atoms with Crippen molar-refractivity contribution in [1.82, 2.24) is 20.3 Å². The van der Waals surface area contributed by atoms with Gasteiger partial charge in [0.05, 0.1) is 17.5 Å². The predicted molar refractivity (Wildman–Crippen MR) is 116 cm³/mol. The molecular formula is C19H21ClN6OS. The Morgan fingerprint density at radius 2 is 2.18 bits per heavy atom. The highest BCUT2D eigenvalue weighted by atomic mass is 35.5. The van der Waals surface area contributed by atoms with E-state index in [9.17, 15) is 4.79 Å². The minimum Gasteiger partial charge on any atom is -0.388 e. The molecule has 2 aromatic heterocycles. The first-order valence-corrected chi connectivity index (χ1v) is 10.4. The van der Waals surface area contributed by atoms with Crippen LogP contribution in [0.1, 0.15) is 28.5 Å². The van der Waals surface area contributed by atoms with E-state index in [-0.39, 0.29) is 17.7 Å². The number of halogens is 1. The summed E-state index contributed by atoms with van der Waals surface area (Å²) in [6.45, 7) is 1.95. The number of thioether (sulfide) groups is 1. The molecule has 3 aromatic rings. The quantitative estimate of drug-likeness (QED) is 0.440. The van der Waals surface area contributed by atoms with Gasteiger partial charge in [-0.1, -0.05) is 11.6 Å². The molecule has 1 atom stereocenters. The van der Waals surface area contributed by atoms with E-state index in [1.807, 2.05) is 13.2 Å². The van der Waals surface area contributed by atoms with E-state index in [0.717, 1.165) is 11.4 Å². The van der Waals surface area contributed by atoms with Crippen molar-refractivity contribution in [3.05, 3.63) is 52.4 Å².